The monoisotopic (exact) mass is 286 g/mol. The van der Waals surface area contributed by atoms with Gasteiger partial charge in [-0.3, -0.25) is 4.79 Å². The number of nitrogen functional groups attached to an aromatic ring is 1. The maximum Gasteiger partial charge on any atom is 0.234 e. The summed E-state index contributed by atoms with van der Waals surface area (Å²) >= 11 is 1.52. The molecule has 4 heteroatoms. The van der Waals surface area contributed by atoms with E-state index in [1.54, 1.807) is 0 Å². The first kappa shape index (κ1) is 14.5. The zero-order chi connectivity index (χ0) is 14.5. The highest BCUT2D eigenvalue weighted by Crippen LogP contribution is 2.24. The highest BCUT2D eigenvalue weighted by atomic mass is 32.2. The maximum atomic E-state index is 11.9. The summed E-state index contributed by atoms with van der Waals surface area (Å²) < 4.78 is 0. The third-order valence-corrected chi connectivity index (χ3v) is 4.04. The molecular formula is C16H18N2OS. The molecule has 2 aromatic carbocycles. The Balaban J connectivity index is 1.92. The number of nitrogens with one attached hydrogen (secondary N) is 1. The van der Waals surface area contributed by atoms with Gasteiger partial charge >= 0.3 is 0 Å². The zero-order valence-corrected chi connectivity index (χ0v) is 12.5. The van der Waals surface area contributed by atoms with Crippen LogP contribution in [0.2, 0.25) is 0 Å². The second kappa shape index (κ2) is 6.48. The van der Waals surface area contributed by atoms with Crippen LogP contribution in [0.4, 0.5) is 11.4 Å². The minimum absolute atomic E-state index is 0.00294. The molecule has 0 atom stereocenters. The standard InChI is InChI=1S/C16H18N2OS/c1-11-4-3-5-14(8-11)18-16(19)10-20-15-7-6-13(17)9-12(15)2/h3-9H,10,17H2,1-2H3,(H,18,19). The molecule has 0 saturated carbocycles. The van der Waals surface area contributed by atoms with Crippen LogP contribution in [0, 0.1) is 13.8 Å². The Morgan fingerprint density at radius 1 is 1.20 bits per heavy atom. The molecular weight excluding hydrogens is 268 g/mol. The molecule has 0 aromatic heterocycles. The molecule has 0 radical (unpaired) electrons. The summed E-state index contributed by atoms with van der Waals surface area (Å²) in [6.07, 6.45) is 0. The Kier molecular flexibility index (Phi) is 4.69. The maximum absolute atomic E-state index is 11.9. The van der Waals surface area contributed by atoms with E-state index in [2.05, 4.69) is 5.32 Å². The van der Waals surface area contributed by atoms with E-state index in [9.17, 15) is 4.79 Å². The van der Waals surface area contributed by atoms with Gasteiger partial charge in [0.05, 0.1) is 5.75 Å². The van der Waals surface area contributed by atoms with Crippen LogP contribution in [0.25, 0.3) is 0 Å². The van der Waals surface area contributed by atoms with Gasteiger partial charge in [-0.2, -0.15) is 0 Å². The molecule has 0 fully saturated rings. The van der Waals surface area contributed by atoms with Gasteiger partial charge in [-0.05, 0) is 55.3 Å². The van der Waals surface area contributed by atoms with Crippen molar-refractivity contribution in [2.24, 2.45) is 0 Å². The summed E-state index contributed by atoms with van der Waals surface area (Å²) in [6, 6.07) is 13.5. The van der Waals surface area contributed by atoms with Crippen LogP contribution in [0.5, 0.6) is 0 Å². The zero-order valence-electron chi connectivity index (χ0n) is 11.6. The third-order valence-electron chi connectivity index (χ3n) is 2.86. The molecule has 3 N–H and O–H groups in total. The molecule has 20 heavy (non-hydrogen) atoms. The van der Waals surface area contributed by atoms with Crippen LogP contribution < -0.4 is 11.1 Å². The van der Waals surface area contributed by atoms with Crippen LogP contribution >= 0.6 is 11.8 Å². The topological polar surface area (TPSA) is 55.1 Å². The number of hydrogen-bond acceptors (Lipinski definition) is 3. The van der Waals surface area contributed by atoms with Crippen LogP contribution in [0.3, 0.4) is 0 Å². The summed E-state index contributed by atoms with van der Waals surface area (Å²) in [4.78, 5) is 13.0. The molecule has 0 aliphatic carbocycles. The number of anilines is 2. The molecule has 0 aliphatic heterocycles. The number of thioether (sulfide) groups is 1. The third kappa shape index (κ3) is 4.03. The molecule has 104 valence electrons. The average molecular weight is 286 g/mol. The predicted molar refractivity (Wildman–Crippen MR) is 86.1 cm³/mol. The van der Waals surface area contributed by atoms with Crippen LogP contribution in [-0.4, -0.2) is 11.7 Å². The average Bonchev–Trinajstić information content (AvgIpc) is 2.37. The minimum atomic E-state index is -0.00294. The Morgan fingerprint density at radius 2 is 2.00 bits per heavy atom. The quantitative estimate of drug-likeness (QED) is 0.667. The highest BCUT2D eigenvalue weighted by molar-refractivity contribution is 8.00. The molecule has 0 unspecified atom stereocenters. The molecule has 0 heterocycles. The van der Waals surface area contributed by atoms with Gasteiger partial charge in [0.1, 0.15) is 0 Å². The Morgan fingerprint density at radius 3 is 2.70 bits per heavy atom. The smallest absolute Gasteiger partial charge is 0.234 e. The first-order valence-corrected chi connectivity index (χ1v) is 7.38. The van der Waals surface area contributed by atoms with Crippen molar-refractivity contribution in [3.05, 3.63) is 53.6 Å². The van der Waals surface area contributed by atoms with Gasteiger partial charge in [0, 0.05) is 16.3 Å². The summed E-state index contributed by atoms with van der Waals surface area (Å²) in [5, 5.41) is 2.90. The van der Waals surface area contributed by atoms with Crippen molar-refractivity contribution in [2.45, 2.75) is 18.7 Å². The summed E-state index contributed by atoms with van der Waals surface area (Å²) in [6.45, 7) is 4.00. The number of hydrogen-bond donors (Lipinski definition) is 2. The van der Waals surface area contributed by atoms with Crippen molar-refractivity contribution in [1.29, 1.82) is 0 Å². The fourth-order valence-corrected chi connectivity index (χ4v) is 2.71. The van der Waals surface area contributed by atoms with Crippen molar-refractivity contribution in [2.75, 3.05) is 16.8 Å². The molecule has 0 saturated heterocycles. The van der Waals surface area contributed by atoms with E-state index in [1.165, 1.54) is 11.8 Å². The van der Waals surface area contributed by atoms with Crippen molar-refractivity contribution in [3.63, 3.8) is 0 Å². The lowest BCUT2D eigenvalue weighted by molar-refractivity contribution is -0.113. The summed E-state index contributed by atoms with van der Waals surface area (Å²) in [5.41, 5.74) is 9.52. The van der Waals surface area contributed by atoms with E-state index in [1.807, 2.05) is 56.3 Å². The fraction of sp³-hybridized carbons (Fsp3) is 0.188. The van der Waals surface area contributed by atoms with Crippen molar-refractivity contribution >= 4 is 29.0 Å². The van der Waals surface area contributed by atoms with Gasteiger partial charge in [-0.15, -0.1) is 11.8 Å². The summed E-state index contributed by atoms with van der Waals surface area (Å²) in [7, 11) is 0. The normalized spacial score (nSPS) is 10.3. The lowest BCUT2D eigenvalue weighted by Gasteiger charge is -2.08. The molecule has 0 aliphatic rings. The van der Waals surface area contributed by atoms with Gasteiger partial charge in [0.25, 0.3) is 0 Å². The fourth-order valence-electron chi connectivity index (χ4n) is 1.90. The van der Waals surface area contributed by atoms with E-state index < -0.39 is 0 Å². The lowest BCUT2D eigenvalue weighted by Crippen LogP contribution is -2.14. The highest BCUT2D eigenvalue weighted by Gasteiger charge is 2.06. The van der Waals surface area contributed by atoms with Crippen molar-refractivity contribution in [1.82, 2.24) is 0 Å². The van der Waals surface area contributed by atoms with E-state index in [0.717, 1.165) is 27.4 Å². The number of carbonyl (C=O) groups excluding carboxylic acids is 1. The second-order valence-corrected chi connectivity index (χ2v) is 5.75. The molecule has 0 spiro atoms. The summed E-state index contributed by atoms with van der Waals surface area (Å²) in [5.74, 6) is 0.385. The van der Waals surface area contributed by atoms with Crippen LogP contribution in [-0.2, 0) is 4.79 Å². The lowest BCUT2D eigenvalue weighted by atomic mass is 10.2. The largest absolute Gasteiger partial charge is 0.399 e. The SMILES string of the molecule is Cc1cccc(NC(=O)CSc2ccc(N)cc2C)c1. The minimum Gasteiger partial charge on any atom is -0.399 e. The number of benzene rings is 2. The van der Waals surface area contributed by atoms with E-state index in [4.69, 9.17) is 5.73 Å². The number of aryl methyl sites for hydroxylation is 2. The van der Waals surface area contributed by atoms with Gasteiger partial charge in [-0.25, -0.2) is 0 Å². The first-order chi connectivity index (χ1) is 9.54. The first-order valence-electron chi connectivity index (χ1n) is 6.40. The molecule has 3 nitrogen and oxygen atoms in total. The van der Waals surface area contributed by atoms with Gasteiger partial charge < -0.3 is 11.1 Å². The van der Waals surface area contributed by atoms with Gasteiger partial charge in [0.2, 0.25) is 5.91 Å². The molecule has 1 amide bonds. The Labute approximate surface area is 123 Å². The van der Waals surface area contributed by atoms with E-state index in [0.29, 0.717) is 5.75 Å². The van der Waals surface area contributed by atoms with Gasteiger partial charge in [0.15, 0.2) is 0 Å². The number of carbonyl (C=O) groups is 1. The van der Waals surface area contributed by atoms with Crippen LogP contribution in [0.15, 0.2) is 47.4 Å². The Bertz CT molecular complexity index is 626. The molecule has 0 bridgehead atoms. The Hall–Kier alpha value is -1.94. The number of rotatable bonds is 4. The number of amides is 1. The number of nitrogens with two attached hydrogens (primary N) is 1. The second-order valence-electron chi connectivity index (χ2n) is 4.73. The van der Waals surface area contributed by atoms with E-state index >= 15 is 0 Å². The molecule has 2 aromatic rings. The van der Waals surface area contributed by atoms with Gasteiger partial charge in [-0.1, -0.05) is 12.1 Å². The predicted octanol–water partition coefficient (Wildman–Crippen LogP) is 3.62. The van der Waals surface area contributed by atoms with Crippen molar-refractivity contribution < 1.29 is 4.79 Å². The van der Waals surface area contributed by atoms with Crippen LogP contribution in [0.1, 0.15) is 11.1 Å². The molecule has 2 rings (SSSR count). The van der Waals surface area contributed by atoms with Crippen molar-refractivity contribution in [3.8, 4) is 0 Å². The van der Waals surface area contributed by atoms with E-state index in [-0.39, 0.29) is 5.91 Å².